The summed E-state index contributed by atoms with van der Waals surface area (Å²) in [5, 5.41) is 102. The van der Waals surface area contributed by atoms with Gasteiger partial charge in [-0.2, -0.15) is 0 Å². The highest BCUT2D eigenvalue weighted by Gasteiger charge is 2.54. The van der Waals surface area contributed by atoms with Crippen molar-refractivity contribution in [1.29, 1.82) is 0 Å². The van der Waals surface area contributed by atoms with Gasteiger partial charge in [0.05, 0.1) is 44.3 Å². The highest BCUT2D eigenvalue weighted by molar-refractivity contribution is 5.83. The molecule has 2 aromatic carbocycles. The van der Waals surface area contributed by atoms with Crippen molar-refractivity contribution in [3.05, 3.63) is 71.7 Å². The van der Waals surface area contributed by atoms with Crippen LogP contribution in [0.3, 0.4) is 0 Å². The van der Waals surface area contributed by atoms with Crippen LogP contribution in [0, 0.1) is 35.2 Å². The number of ketones is 1. The molecule has 6 aliphatic rings. The molecule has 0 spiro atoms. The highest BCUT2D eigenvalue weighted by atomic mass is 19.2. The summed E-state index contributed by atoms with van der Waals surface area (Å²) in [6.07, 6.45) is -17.1. The predicted molar refractivity (Wildman–Crippen MR) is 303 cm³/mol. The lowest BCUT2D eigenvalue weighted by molar-refractivity contribution is -0.338. The third kappa shape index (κ3) is 16.0. The molecule has 25 nitrogen and oxygen atoms in total. The lowest BCUT2D eigenvalue weighted by Crippen LogP contribution is -2.67. The van der Waals surface area contributed by atoms with Crippen LogP contribution in [0.15, 0.2) is 48.7 Å². The number of benzene rings is 2. The van der Waals surface area contributed by atoms with E-state index in [2.05, 4.69) is 20.9 Å². The Hall–Kier alpha value is -5.15. The van der Waals surface area contributed by atoms with Crippen LogP contribution in [-0.4, -0.2) is 227 Å². The first-order valence-electron chi connectivity index (χ1n) is 31.0. The number of aliphatic hydroxyl groups excluding tert-OH is 8. The monoisotopic (exact) mass is 1260 g/mol. The molecule has 3 aromatic rings. The number of hydrogen-bond donors (Lipinski definition) is 10. The average molecular weight is 1260 g/mol. The number of amides is 3. The van der Waals surface area contributed by atoms with Gasteiger partial charge in [-0.05, 0) is 68.6 Å². The van der Waals surface area contributed by atoms with E-state index >= 15 is 0 Å². The van der Waals surface area contributed by atoms with Gasteiger partial charge in [0.2, 0.25) is 5.91 Å². The molecule has 28 heteroatoms. The summed E-state index contributed by atoms with van der Waals surface area (Å²) in [6, 6.07) is 7.22. The second-order valence-electron chi connectivity index (χ2n) is 24.5. The Morgan fingerprint density at radius 1 is 0.798 bits per heavy atom. The Kier molecular flexibility index (Phi) is 23.7. The van der Waals surface area contributed by atoms with E-state index in [4.69, 9.17) is 33.2 Å². The third-order valence-corrected chi connectivity index (χ3v) is 18.3. The molecule has 9 rings (SSSR count). The molecule has 2 saturated carbocycles. The second kappa shape index (κ2) is 31.0. The minimum absolute atomic E-state index is 0.0551. The standard InChI is InChI=1S/C61H85F3N6O19/c1-4-34-22-36(40(74)17-11-18-65-58(81)57(83-29-33-15-9-6-10-16-33)56-51(78)47(49(76)43(27-71)86-56)70-26-39(67-68-70)35-23-37(62)45(64)38(63)24-35)25-41(54(34)89-61-53(80)52(79)48(75)30(2)84-61)87-60-46(66-31(3)73)55(50(77)44(28-72)88-60)85-42(59(82)69-19-12-20-69)21-32-13-7-5-8-14-32/h6,9-10,15-16,23-24,26,30,32,34,36,41-44,46-57,60-61,71-72,75-80H,4-5,7-8,11-14,17-22,25,27-29H2,1-3H3,(H,65,81)(H,66,73)/t30-,34+,36?,41+,42-,43?,44-,46?,47+,48-,49-,50-,51?,52?,53-,54?,55?,56+,57-,60+,61?/m0/s1. The first kappa shape index (κ1) is 68.2. The number of rotatable bonds is 25. The minimum Gasteiger partial charge on any atom is -0.394 e. The van der Waals surface area contributed by atoms with Gasteiger partial charge in [0.15, 0.2) is 36.1 Å². The van der Waals surface area contributed by atoms with Crippen molar-refractivity contribution in [1.82, 2.24) is 30.5 Å². The Bertz CT molecular complexity index is 2800. The van der Waals surface area contributed by atoms with Crippen LogP contribution in [0.5, 0.6) is 0 Å². The van der Waals surface area contributed by atoms with Crippen molar-refractivity contribution in [2.75, 3.05) is 32.8 Å². The molecule has 6 fully saturated rings. The number of aromatic nitrogens is 3. The van der Waals surface area contributed by atoms with Crippen LogP contribution in [-0.2, 0) is 58.9 Å². The largest absolute Gasteiger partial charge is 0.394 e. The number of carbonyl (C=O) groups is 4. The Balaban J connectivity index is 0.931. The quantitative estimate of drug-likeness (QED) is 0.0418. The average Bonchev–Trinajstić information content (AvgIpc) is 1.94. The van der Waals surface area contributed by atoms with E-state index in [0.717, 1.165) is 49.4 Å². The lowest BCUT2D eigenvalue weighted by atomic mass is 9.74. The number of aliphatic hydroxyl groups is 8. The molecule has 10 N–H and O–H groups in total. The summed E-state index contributed by atoms with van der Waals surface area (Å²) < 4.78 is 87.7. The van der Waals surface area contributed by atoms with Gasteiger partial charge in [0.1, 0.15) is 90.7 Å². The molecular formula is C61H85F3N6O19. The van der Waals surface area contributed by atoms with Crippen LogP contribution in [0.25, 0.3) is 11.3 Å². The molecule has 89 heavy (non-hydrogen) atoms. The van der Waals surface area contributed by atoms with E-state index in [1.54, 1.807) is 35.2 Å². The maximum absolute atomic E-state index is 14.6. The van der Waals surface area contributed by atoms with Gasteiger partial charge in [-0.15, -0.1) is 5.10 Å². The SMILES string of the molecule is CC[C@@H]1CC(C(=O)CCCNC(=O)[C@@H](OCc2ccccc2)[C@@H]2OC(CO)[C@H](O)[C@@H](n3cc(-c4cc(F)c(F)c(F)c4)nn3)C2O)C[C@@H](O[C@@H]2O[C@@H](CO)[C@H](O)C(O[C@@H](CC3CCCCC3)C(=O)N3CCC3)C2NC(C)=O)C1OC1O[C@@H](C)[C@H](O)C(O)[C@@H]1O. The molecule has 494 valence electrons. The molecule has 2 aliphatic carbocycles. The molecule has 0 bridgehead atoms. The highest BCUT2D eigenvalue weighted by Crippen LogP contribution is 2.41. The van der Waals surface area contributed by atoms with Crippen molar-refractivity contribution in [3.63, 3.8) is 0 Å². The smallest absolute Gasteiger partial charge is 0.251 e. The lowest BCUT2D eigenvalue weighted by Gasteiger charge is -2.49. The number of carbonyl (C=O) groups excluding carboxylic acids is 4. The second-order valence-corrected chi connectivity index (χ2v) is 24.5. The first-order chi connectivity index (χ1) is 42.7. The minimum atomic E-state index is -1.83. The molecule has 1 aromatic heterocycles. The summed E-state index contributed by atoms with van der Waals surface area (Å²) in [6.45, 7) is 3.77. The third-order valence-electron chi connectivity index (χ3n) is 18.3. The van der Waals surface area contributed by atoms with Gasteiger partial charge in [0, 0.05) is 44.5 Å². The van der Waals surface area contributed by atoms with E-state index in [-0.39, 0.29) is 67.7 Å². The van der Waals surface area contributed by atoms with Crippen LogP contribution in [0.4, 0.5) is 13.2 Å². The van der Waals surface area contributed by atoms with Crippen molar-refractivity contribution >= 4 is 23.5 Å². The van der Waals surface area contributed by atoms with Gasteiger partial charge >= 0.3 is 0 Å². The maximum atomic E-state index is 14.6. The van der Waals surface area contributed by atoms with E-state index in [1.807, 2.05) is 6.92 Å². The van der Waals surface area contributed by atoms with Gasteiger partial charge < -0.3 is 89.5 Å². The molecule has 21 atom stereocenters. The molecular weight excluding hydrogens is 1180 g/mol. The van der Waals surface area contributed by atoms with Gasteiger partial charge in [-0.1, -0.05) is 81.0 Å². The van der Waals surface area contributed by atoms with Crippen LogP contribution < -0.4 is 10.6 Å². The van der Waals surface area contributed by atoms with Gasteiger partial charge in [-0.3, -0.25) is 19.2 Å². The van der Waals surface area contributed by atoms with Crippen molar-refractivity contribution in [3.8, 4) is 11.3 Å². The van der Waals surface area contributed by atoms with E-state index in [9.17, 15) is 73.2 Å². The number of halogens is 3. The molecule has 3 amide bonds. The molecule has 5 heterocycles. The summed E-state index contributed by atoms with van der Waals surface area (Å²) in [5.41, 5.74) is 0.217. The number of Topliss-reactive ketones (excluding diaryl/α,β-unsaturated/α-hetero) is 1. The van der Waals surface area contributed by atoms with Crippen LogP contribution in [0.2, 0.25) is 0 Å². The Labute approximate surface area is 513 Å². The summed E-state index contributed by atoms with van der Waals surface area (Å²) in [7, 11) is 0. The summed E-state index contributed by atoms with van der Waals surface area (Å²) in [4.78, 5) is 58.0. The fraction of sp³-hybridized carbons (Fsp3) is 0.705. The number of nitrogens with one attached hydrogen (secondary N) is 2. The summed E-state index contributed by atoms with van der Waals surface area (Å²) >= 11 is 0. The zero-order valence-electron chi connectivity index (χ0n) is 50.0. The molecule has 4 saturated heterocycles. The number of likely N-dealkylation sites (tertiary alicyclic amines) is 1. The topological polar surface area (TPSA) is 353 Å². The normalized spacial score (nSPS) is 34.3. The van der Waals surface area contributed by atoms with Crippen molar-refractivity contribution < 1.29 is 106 Å². The van der Waals surface area contributed by atoms with Gasteiger partial charge in [0.25, 0.3) is 11.8 Å². The number of nitrogens with zero attached hydrogens (tertiary/aromatic N) is 4. The maximum Gasteiger partial charge on any atom is 0.251 e. The summed E-state index contributed by atoms with van der Waals surface area (Å²) in [5.74, 6) is -7.78. The van der Waals surface area contributed by atoms with Crippen LogP contribution >= 0.6 is 0 Å². The zero-order valence-corrected chi connectivity index (χ0v) is 50.0. The number of hydrogen-bond acceptors (Lipinski definition) is 21. The van der Waals surface area contributed by atoms with Crippen LogP contribution in [0.1, 0.15) is 109 Å². The van der Waals surface area contributed by atoms with Crippen molar-refractivity contribution in [2.24, 2.45) is 17.8 Å². The number of ether oxygens (including phenoxy) is 7. The fourth-order valence-corrected chi connectivity index (χ4v) is 13.2. The zero-order chi connectivity index (χ0) is 63.8. The van der Waals surface area contributed by atoms with Gasteiger partial charge in [-0.25, -0.2) is 17.9 Å². The van der Waals surface area contributed by atoms with Crippen molar-refractivity contribution in [2.45, 2.75) is 221 Å². The first-order valence-corrected chi connectivity index (χ1v) is 31.0. The molecule has 0 radical (unpaired) electrons. The van der Waals surface area contributed by atoms with E-state index < -0.39 is 171 Å². The molecule has 4 aliphatic heterocycles. The fourth-order valence-electron chi connectivity index (χ4n) is 13.2. The Morgan fingerprint density at radius 2 is 1.49 bits per heavy atom. The predicted octanol–water partition coefficient (Wildman–Crippen LogP) is 1.01. The molecule has 8 unspecified atom stereocenters. The Morgan fingerprint density at radius 3 is 2.15 bits per heavy atom. The van der Waals surface area contributed by atoms with E-state index in [1.165, 1.54) is 13.8 Å². The van der Waals surface area contributed by atoms with E-state index in [0.29, 0.717) is 43.6 Å².